The normalized spacial score (nSPS) is 11.8. The molecule has 35 heavy (non-hydrogen) atoms. The van der Waals surface area contributed by atoms with E-state index in [-0.39, 0.29) is 6.42 Å². The van der Waals surface area contributed by atoms with E-state index in [0.717, 1.165) is 28.5 Å². The lowest BCUT2D eigenvalue weighted by Crippen LogP contribution is -2.43. The fraction of sp³-hybridized carbons (Fsp3) is 0.370. The molecule has 0 saturated carbocycles. The minimum atomic E-state index is -1.08. The quantitative estimate of drug-likeness (QED) is 0.202. The summed E-state index contributed by atoms with van der Waals surface area (Å²) < 4.78 is 1.83. The number of carboxylic acids is 1. The molecule has 6 nitrogen and oxygen atoms in total. The molecule has 0 aliphatic heterocycles. The molecule has 0 radical (unpaired) electrons. The molecule has 2 aromatic carbocycles. The minimum absolute atomic E-state index is 0.194. The third-order valence-electron chi connectivity index (χ3n) is 5.70. The van der Waals surface area contributed by atoms with E-state index in [0.29, 0.717) is 17.3 Å². The van der Waals surface area contributed by atoms with E-state index in [1.54, 1.807) is 11.8 Å². The number of aliphatic carboxylic acids is 1. The number of benzene rings is 2. The van der Waals surface area contributed by atoms with Gasteiger partial charge in [-0.05, 0) is 23.6 Å². The maximum atomic E-state index is 13.2. The van der Waals surface area contributed by atoms with E-state index in [1.807, 2.05) is 59.2 Å². The smallest absolute Gasteiger partial charge is 0.326 e. The summed E-state index contributed by atoms with van der Waals surface area (Å²) in [7, 11) is 0. The first-order valence-corrected chi connectivity index (χ1v) is 13.3. The zero-order valence-corrected chi connectivity index (χ0v) is 21.5. The predicted molar refractivity (Wildman–Crippen MR) is 141 cm³/mol. The lowest BCUT2D eigenvalue weighted by molar-refractivity contribution is -0.139. The molecule has 3 rings (SSSR count). The number of carboxylic acid groups (broad SMARTS) is 1. The molecule has 0 aliphatic rings. The zero-order chi connectivity index (χ0) is 25.0. The maximum absolute atomic E-state index is 13.2. The van der Waals surface area contributed by atoms with Gasteiger partial charge in [0.15, 0.2) is 5.16 Å². The van der Waals surface area contributed by atoms with Gasteiger partial charge in [0.05, 0.1) is 12.7 Å². The molecule has 0 spiro atoms. The molecule has 1 atom stereocenters. The van der Waals surface area contributed by atoms with E-state index in [4.69, 9.17) is 11.6 Å². The van der Waals surface area contributed by atoms with Crippen molar-refractivity contribution in [3.8, 4) is 0 Å². The molecule has 1 amide bonds. The number of nitrogens with zero attached hydrogens (tertiary/aromatic N) is 2. The molecule has 0 saturated heterocycles. The van der Waals surface area contributed by atoms with Gasteiger partial charge in [0.1, 0.15) is 11.7 Å². The molecular weight excluding hydrogens is 482 g/mol. The molecule has 0 unspecified atom stereocenters. The van der Waals surface area contributed by atoms with Gasteiger partial charge in [-0.1, -0.05) is 105 Å². The first-order valence-electron chi connectivity index (χ1n) is 12.0. The Labute approximate surface area is 216 Å². The molecule has 8 heteroatoms. The highest BCUT2D eigenvalue weighted by Gasteiger charge is 2.24. The Balaban J connectivity index is 1.78. The molecule has 0 aliphatic carbocycles. The third-order valence-corrected chi connectivity index (χ3v) is 7.15. The van der Waals surface area contributed by atoms with Crippen LogP contribution in [0, 0.1) is 0 Å². The van der Waals surface area contributed by atoms with Crippen molar-refractivity contribution in [1.82, 2.24) is 14.9 Å². The number of unbranched alkanes of at least 4 members (excludes halogenated alkanes) is 4. The highest BCUT2D eigenvalue weighted by molar-refractivity contribution is 7.99. The number of aromatic nitrogens is 2. The number of nitrogens with one attached hydrogen (secondary N) is 1. The van der Waals surface area contributed by atoms with Gasteiger partial charge in [0.25, 0.3) is 5.91 Å². The van der Waals surface area contributed by atoms with Crippen LogP contribution in [0.1, 0.15) is 60.6 Å². The zero-order valence-electron chi connectivity index (χ0n) is 20.0. The van der Waals surface area contributed by atoms with Crippen molar-refractivity contribution in [2.75, 3.05) is 5.75 Å². The van der Waals surface area contributed by atoms with Crippen molar-refractivity contribution in [3.63, 3.8) is 0 Å². The second-order valence-electron chi connectivity index (χ2n) is 8.42. The van der Waals surface area contributed by atoms with Crippen LogP contribution >= 0.6 is 23.4 Å². The van der Waals surface area contributed by atoms with Gasteiger partial charge in [0, 0.05) is 17.2 Å². The number of amides is 1. The van der Waals surface area contributed by atoms with Crippen LogP contribution in [0.3, 0.4) is 0 Å². The van der Waals surface area contributed by atoms with Crippen LogP contribution in [0.4, 0.5) is 0 Å². The SMILES string of the molecule is CCCCCCCSc1ncc(C(=O)N[C@@H](Cc2ccccc2)C(=O)O)n1Cc1ccccc1Cl. The fourth-order valence-electron chi connectivity index (χ4n) is 3.76. The summed E-state index contributed by atoms with van der Waals surface area (Å²) in [5.74, 6) is -0.653. The highest BCUT2D eigenvalue weighted by Crippen LogP contribution is 2.24. The maximum Gasteiger partial charge on any atom is 0.326 e. The number of thioether (sulfide) groups is 1. The molecule has 3 aromatic rings. The summed E-state index contributed by atoms with van der Waals surface area (Å²) in [5.41, 5.74) is 2.02. The Bertz CT molecular complexity index is 1100. The number of hydrogen-bond donors (Lipinski definition) is 2. The number of imidazole rings is 1. The van der Waals surface area contributed by atoms with Gasteiger partial charge in [-0.2, -0.15) is 0 Å². The van der Waals surface area contributed by atoms with Crippen molar-refractivity contribution in [2.45, 2.75) is 63.2 Å². The summed E-state index contributed by atoms with van der Waals surface area (Å²) >= 11 is 8.01. The average molecular weight is 514 g/mol. The van der Waals surface area contributed by atoms with Gasteiger partial charge in [-0.15, -0.1) is 0 Å². The summed E-state index contributed by atoms with van der Waals surface area (Å²) in [5, 5.41) is 13.7. The topological polar surface area (TPSA) is 84.2 Å². The number of hydrogen-bond acceptors (Lipinski definition) is 4. The number of carbonyl (C=O) groups excluding carboxylic acids is 1. The molecule has 2 N–H and O–H groups in total. The van der Waals surface area contributed by atoms with Crippen LogP contribution in [0.2, 0.25) is 5.02 Å². The Hall–Kier alpha value is -2.77. The summed E-state index contributed by atoms with van der Waals surface area (Å²) in [6.07, 6.45) is 7.62. The highest BCUT2D eigenvalue weighted by atomic mass is 35.5. The lowest BCUT2D eigenvalue weighted by Gasteiger charge is -2.17. The van der Waals surface area contributed by atoms with Crippen molar-refractivity contribution < 1.29 is 14.7 Å². The molecule has 0 bridgehead atoms. The molecule has 0 fully saturated rings. The number of carbonyl (C=O) groups is 2. The van der Waals surface area contributed by atoms with E-state index in [2.05, 4.69) is 17.2 Å². The molecule has 1 aromatic heterocycles. The first kappa shape index (κ1) is 26.8. The summed E-state index contributed by atoms with van der Waals surface area (Å²) in [6.45, 7) is 2.57. The number of halogens is 1. The van der Waals surface area contributed by atoms with Crippen LogP contribution in [0.5, 0.6) is 0 Å². The van der Waals surface area contributed by atoms with Crippen LogP contribution in [0.25, 0.3) is 0 Å². The van der Waals surface area contributed by atoms with E-state index in [9.17, 15) is 14.7 Å². The van der Waals surface area contributed by atoms with Crippen LogP contribution in [-0.2, 0) is 17.8 Å². The third kappa shape index (κ3) is 8.15. The van der Waals surface area contributed by atoms with Crippen molar-refractivity contribution >= 4 is 35.2 Å². The summed E-state index contributed by atoms with van der Waals surface area (Å²) in [6, 6.07) is 15.7. The van der Waals surface area contributed by atoms with Gasteiger partial charge in [-0.3, -0.25) is 4.79 Å². The van der Waals surface area contributed by atoms with Crippen LogP contribution in [0.15, 0.2) is 66.0 Å². The first-order chi connectivity index (χ1) is 17.0. The minimum Gasteiger partial charge on any atom is -0.480 e. The Kier molecular flexibility index (Phi) is 10.7. The summed E-state index contributed by atoms with van der Waals surface area (Å²) in [4.78, 5) is 29.6. The second-order valence-corrected chi connectivity index (χ2v) is 9.89. The molecule has 186 valence electrons. The van der Waals surface area contributed by atoms with Gasteiger partial charge in [0.2, 0.25) is 0 Å². The average Bonchev–Trinajstić information content (AvgIpc) is 3.25. The lowest BCUT2D eigenvalue weighted by atomic mass is 10.1. The fourth-order valence-corrected chi connectivity index (χ4v) is 4.93. The van der Waals surface area contributed by atoms with Crippen molar-refractivity contribution in [2.24, 2.45) is 0 Å². The van der Waals surface area contributed by atoms with Crippen LogP contribution in [-0.4, -0.2) is 38.3 Å². The van der Waals surface area contributed by atoms with Crippen molar-refractivity contribution in [1.29, 1.82) is 0 Å². The largest absolute Gasteiger partial charge is 0.480 e. The standard InChI is InChI=1S/C27H32ClN3O3S/c1-2-3-4-5-11-16-35-27-29-18-24(31(27)19-21-14-9-10-15-22(21)28)25(32)30-23(26(33)34)17-20-12-7-6-8-13-20/h6-10,12-15,18,23H,2-5,11,16-17,19H2,1H3,(H,30,32)(H,33,34)/t23-/m0/s1. The van der Waals surface area contributed by atoms with E-state index < -0.39 is 17.9 Å². The number of rotatable bonds is 14. The molecular formula is C27H32ClN3O3S. The van der Waals surface area contributed by atoms with Gasteiger partial charge in [-0.25, -0.2) is 9.78 Å². The van der Waals surface area contributed by atoms with E-state index >= 15 is 0 Å². The predicted octanol–water partition coefficient (Wildman–Crippen LogP) is 6.07. The van der Waals surface area contributed by atoms with E-state index in [1.165, 1.54) is 31.9 Å². The Morgan fingerprint density at radius 2 is 1.77 bits per heavy atom. The van der Waals surface area contributed by atoms with Crippen LogP contribution < -0.4 is 5.32 Å². The second kappa shape index (κ2) is 14.0. The monoisotopic (exact) mass is 513 g/mol. The Morgan fingerprint density at radius 3 is 2.49 bits per heavy atom. The van der Waals surface area contributed by atoms with Gasteiger partial charge < -0.3 is 15.0 Å². The Morgan fingerprint density at radius 1 is 1.06 bits per heavy atom. The van der Waals surface area contributed by atoms with Gasteiger partial charge >= 0.3 is 5.97 Å². The molecule has 1 heterocycles. The van der Waals surface area contributed by atoms with Crippen molar-refractivity contribution in [3.05, 3.63) is 82.6 Å².